The number of para-hydroxylation sites is 1. The summed E-state index contributed by atoms with van der Waals surface area (Å²) in [5.74, 6) is 0.965. The topological polar surface area (TPSA) is 80.5 Å². The standard InChI is InChI=1S/C14H11N5/c15-8-11-7-10-3-1-2-4-12(10)18-14(11)19-6-5-17-13(19)9-16/h1-7H,8,15H2. The van der Waals surface area contributed by atoms with Crippen LogP contribution in [0.15, 0.2) is 42.7 Å². The van der Waals surface area contributed by atoms with Gasteiger partial charge >= 0.3 is 0 Å². The highest BCUT2D eigenvalue weighted by Crippen LogP contribution is 2.20. The van der Waals surface area contributed by atoms with Gasteiger partial charge in [-0.25, -0.2) is 9.97 Å². The normalized spacial score (nSPS) is 10.5. The van der Waals surface area contributed by atoms with Crippen LogP contribution in [-0.4, -0.2) is 14.5 Å². The molecule has 0 aliphatic rings. The van der Waals surface area contributed by atoms with Gasteiger partial charge in [-0.3, -0.25) is 4.57 Å². The number of nitrogens with two attached hydrogens (primary N) is 1. The molecule has 2 heterocycles. The molecule has 0 unspecified atom stereocenters. The summed E-state index contributed by atoms with van der Waals surface area (Å²) in [6.45, 7) is 0.357. The van der Waals surface area contributed by atoms with Gasteiger partial charge in [0.15, 0.2) is 0 Å². The predicted octanol–water partition coefficient (Wildman–Crippen LogP) is 1.75. The van der Waals surface area contributed by atoms with Crippen molar-refractivity contribution in [3.05, 3.63) is 54.1 Å². The first-order chi connectivity index (χ1) is 9.33. The first-order valence-electron chi connectivity index (χ1n) is 5.86. The molecule has 3 aromatic rings. The monoisotopic (exact) mass is 249 g/mol. The summed E-state index contributed by atoms with van der Waals surface area (Å²) in [5.41, 5.74) is 7.53. The van der Waals surface area contributed by atoms with Crippen LogP contribution in [0.25, 0.3) is 16.7 Å². The van der Waals surface area contributed by atoms with Crippen LogP contribution in [0.2, 0.25) is 0 Å². The van der Waals surface area contributed by atoms with Crippen LogP contribution in [0.1, 0.15) is 11.4 Å². The summed E-state index contributed by atoms with van der Waals surface area (Å²) < 4.78 is 1.66. The average molecular weight is 249 g/mol. The predicted molar refractivity (Wildman–Crippen MR) is 71.5 cm³/mol. The first kappa shape index (κ1) is 11.4. The summed E-state index contributed by atoms with van der Waals surface area (Å²) in [7, 11) is 0. The third-order valence-corrected chi connectivity index (χ3v) is 2.97. The van der Waals surface area contributed by atoms with E-state index < -0.39 is 0 Å². The highest BCUT2D eigenvalue weighted by molar-refractivity contribution is 5.80. The minimum Gasteiger partial charge on any atom is -0.326 e. The molecule has 0 radical (unpaired) electrons. The van der Waals surface area contributed by atoms with Gasteiger partial charge in [-0.1, -0.05) is 18.2 Å². The summed E-state index contributed by atoms with van der Waals surface area (Å²) in [6.07, 6.45) is 3.30. The number of rotatable bonds is 2. The molecule has 5 heteroatoms. The van der Waals surface area contributed by atoms with Gasteiger partial charge in [-0.05, 0) is 12.1 Å². The molecule has 0 spiro atoms. The molecule has 0 fully saturated rings. The van der Waals surface area contributed by atoms with E-state index in [1.54, 1.807) is 17.0 Å². The molecule has 0 aliphatic carbocycles. The molecule has 92 valence electrons. The molecule has 3 rings (SSSR count). The minimum atomic E-state index is 0.303. The Kier molecular flexibility index (Phi) is 2.71. The Bertz CT molecular complexity index is 782. The molecule has 0 saturated carbocycles. The quantitative estimate of drug-likeness (QED) is 0.750. The number of fused-ring (bicyclic) bond motifs is 1. The molecule has 5 nitrogen and oxygen atoms in total. The smallest absolute Gasteiger partial charge is 0.218 e. The lowest BCUT2D eigenvalue weighted by atomic mass is 10.1. The Morgan fingerprint density at radius 1 is 1.32 bits per heavy atom. The van der Waals surface area contributed by atoms with Gasteiger partial charge < -0.3 is 5.73 Å². The fraction of sp³-hybridized carbons (Fsp3) is 0.0714. The Hall–Kier alpha value is -2.71. The van der Waals surface area contributed by atoms with Crippen molar-refractivity contribution in [2.75, 3.05) is 0 Å². The minimum absolute atomic E-state index is 0.303. The van der Waals surface area contributed by atoms with Gasteiger partial charge in [-0.2, -0.15) is 5.26 Å². The Morgan fingerprint density at radius 3 is 2.95 bits per heavy atom. The SMILES string of the molecule is N#Cc1nccn1-c1nc2ccccc2cc1CN. The summed E-state index contributed by atoms with van der Waals surface area (Å²) in [6, 6.07) is 11.9. The fourth-order valence-corrected chi connectivity index (χ4v) is 2.07. The lowest BCUT2D eigenvalue weighted by Crippen LogP contribution is -2.08. The van der Waals surface area contributed by atoms with E-state index in [-0.39, 0.29) is 0 Å². The molecule has 0 saturated heterocycles. The molecule has 2 N–H and O–H groups in total. The van der Waals surface area contributed by atoms with Crippen molar-refractivity contribution in [1.82, 2.24) is 14.5 Å². The molecule has 1 aromatic carbocycles. The number of nitrogens with zero attached hydrogens (tertiary/aromatic N) is 4. The van der Waals surface area contributed by atoms with Crippen LogP contribution in [-0.2, 0) is 6.54 Å². The third-order valence-electron chi connectivity index (χ3n) is 2.97. The summed E-state index contributed by atoms with van der Waals surface area (Å²) in [5, 5.41) is 10.1. The molecule has 0 aliphatic heterocycles. The Labute approximate surface area is 109 Å². The van der Waals surface area contributed by atoms with E-state index in [4.69, 9.17) is 11.0 Å². The van der Waals surface area contributed by atoms with Crippen molar-refractivity contribution in [2.45, 2.75) is 6.54 Å². The number of aromatic nitrogens is 3. The fourth-order valence-electron chi connectivity index (χ4n) is 2.07. The highest BCUT2D eigenvalue weighted by Gasteiger charge is 2.11. The maximum absolute atomic E-state index is 9.05. The lowest BCUT2D eigenvalue weighted by Gasteiger charge is -2.10. The maximum Gasteiger partial charge on any atom is 0.218 e. The van der Waals surface area contributed by atoms with Crippen molar-refractivity contribution in [3.63, 3.8) is 0 Å². The van der Waals surface area contributed by atoms with Gasteiger partial charge in [0.05, 0.1) is 5.52 Å². The van der Waals surface area contributed by atoms with Crippen LogP contribution < -0.4 is 5.73 Å². The van der Waals surface area contributed by atoms with E-state index in [0.717, 1.165) is 16.5 Å². The molecule has 0 bridgehead atoms. The van der Waals surface area contributed by atoms with E-state index >= 15 is 0 Å². The number of benzene rings is 1. The number of imidazole rings is 1. The Morgan fingerprint density at radius 2 is 2.16 bits per heavy atom. The molecular weight excluding hydrogens is 238 g/mol. The number of nitriles is 1. The second-order valence-corrected chi connectivity index (χ2v) is 4.10. The van der Waals surface area contributed by atoms with Crippen molar-refractivity contribution < 1.29 is 0 Å². The average Bonchev–Trinajstić information content (AvgIpc) is 2.94. The van der Waals surface area contributed by atoms with E-state index in [2.05, 4.69) is 9.97 Å². The van der Waals surface area contributed by atoms with Crippen molar-refractivity contribution in [2.24, 2.45) is 5.73 Å². The highest BCUT2D eigenvalue weighted by atomic mass is 15.1. The van der Waals surface area contributed by atoms with Gasteiger partial charge in [-0.15, -0.1) is 0 Å². The zero-order valence-corrected chi connectivity index (χ0v) is 10.1. The summed E-state index contributed by atoms with van der Waals surface area (Å²) in [4.78, 5) is 8.58. The molecular formula is C14H11N5. The molecule has 19 heavy (non-hydrogen) atoms. The van der Waals surface area contributed by atoms with Gasteiger partial charge in [0, 0.05) is 29.9 Å². The van der Waals surface area contributed by atoms with E-state index in [9.17, 15) is 0 Å². The van der Waals surface area contributed by atoms with Crippen molar-refractivity contribution in [1.29, 1.82) is 5.26 Å². The molecule has 2 aromatic heterocycles. The second-order valence-electron chi connectivity index (χ2n) is 4.10. The zero-order valence-electron chi connectivity index (χ0n) is 10.1. The van der Waals surface area contributed by atoms with Gasteiger partial charge in [0.2, 0.25) is 5.82 Å². The molecule has 0 atom stereocenters. The van der Waals surface area contributed by atoms with Crippen LogP contribution >= 0.6 is 0 Å². The number of hydrogen-bond donors (Lipinski definition) is 1. The second kappa shape index (κ2) is 4.52. The van der Waals surface area contributed by atoms with E-state index in [1.807, 2.05) is 36.4 Å². The largest absolute Gasteiger partial charge is 0.326 e. The summed E-state index contributed by atoms with van der Waals surface area (Å²) >= 11 is 0. The Balaban J connectivity index is 2.31. The maximum atomic E-state index is 9.05. The lowest BCUT2D eigenvalue weighted by molar-refractivity contribution is 0.928. The zero-order chi connectivity index (χ0) is 13.2. The van der Waals surface area contributed by atoms with Crippen molar-refractivity contribution >= 4 is 10.9 Å². The van der Waals surface area contributed by atoms with Crippen LogP contribution in [0.3, 0.4) is 0 Å². The third kappa shape index (κ3) is 1.84. The van der Waals surface area contributed by atoms with Crippen molar-refractivity contribution in [3.8, 4) is 11.9 Å². The molecule has 0 amide bonds. The number of hydrogen-bond acceptors (Lipinski definition) is 4. The van der Waals surface area contributed by atoms with Gasteiger partial charge in [0.1, 0.15) is 11.9 Å². The number of pyridine rings is 1. The first-order valence-corrected chi connectivity index (χ1v) is 5.86. The van der Waals surface area contributed by atoms with Crippen LogP contribution in [0.4, 0.5) is 0 Å². The van der Waals surface area contributed by atoms with E-state index in [1.165, 1.54) is 0 Å². The van der Waals surface area contributed by atoms with Crippen LogP contribution in [0, 0.1) is 11.3 Å². The van der Waals surface area contributed by atoms with Gasteiger partial charge in [0.25, 0.3) is 0 Å². The van der Waals surface area contributed by atoms with Crippen LogP contribution in [0.5, 0.6) is 0 Å². The van der Waals surface area contributed by atoms with E-state index in [0.29, 0.717) is 18.2 Å².